The highest BCUT2D eigenvalue weighted by Gasteiger charge is 2.50. The molecule has 0 aliphatic heterocycles. The Kier molecular flexibility index (Phi) is 8.30. The van der Waals surface area contributed by atoms with Gasteiger partial charge in [0.15, 0.2) is 5.75 Å². The Morgan fingerprint density at radius 2 is 0.982 bits per heavy atom. The van der Waals surface area contributed by atoms with Crippen LogP contribution in [-0.2, 0) is 20.9 Å². The zero-order chi connectivity index (χ0) is 39.9. The number of benzene rings is 7. The Morgan fingerprint density at radius 1 is 0.491 bits per heavy atom. The van der Waals surface area contributed by atoms with Crippen LogP contribution in [0.2, 0.25) is 0 Å². The second kappa shape index (κ2) is 13.0. The zero-order valence-electron chi connectivity index (χ0n) is 31.7. The molecule has 0 fully saturated rings. The van der Waals surface area contributed by atoms with Crippen molar-refractivity contribution in [1.82, 2.24) is 0 Å². The van der Waals surface area contributed by atoms with E-state index in [2.05, 4.69) is 97.6 Å². The monoisotopic (exact) mass is 777 g/mol. The molecule has 284 valence electrons. The number of hydrogen-bond acceptors (Lipinski definition) is 4. The number of halogens is 3. The molecule has 0 unspecified atom stereocenters. The summed E-state index contributed by atoms with van der Waals surface area (Å²) >= 11 is 0. The number of fused-ring (bicyclic) bond motifs is 6. The summed E-state index contributed by atoms with van der Waals surface area (Å²) in [7, 11) is -5.91. The Labute approximate surface area is 331 Å². The van der Waals surface area contributed by atoms with Crippen LogP contribution in [0.1, 0.15) is 49.9 Å². The van der Waals surface area contributed by atoms with Gasteiger partial charge in [0.05, 0.1) is 0 Å². The second-order valence-electron chi connectivity index (χ2n) is 15.7. The fourth-order valence-corrected chi connectivity index (χ4v) is 9.33. The first-order valence-electron chi connectivity index (χ1n) is 18.8. The molecule has 2 aliphatic carbocycles. The molecule has 0 aromatic heterocycles. The first-order valence-corrected chi connectivity index (χ1v) is 20.2. The third-order valence-corrected chi connectivity index (χ3v) is 12.6. The van der Waals surface area contributed by atoms with E-state index < -0.39 is 21.0 Å². The van der Waals surface area contributed by atoms with E-state index in [9.17, 15) is 21.6 Å². The van der Waals surface area contributed by atoms with Crippen LogP contribution in [0, 0.1) is 0 Å². The third-order valence-electron chi connectivity index (χ3n) is 11.6. The van der Waals surface area contributed by atoms with Gasteiger partial charge in [-0.3, -0.25) is 0 Å². The van der Waals surface area contributed by atoms with Crippen LogP contribution in [0.4, 0.5) is 30.2 Å². The fourth-order valence-electron chi connectivity index (χ4n) is 8.86. The van der Waals surface area contributed by atoms with Crippen LogP contribution in [0.15, 0.2) is 158 Å². The molecule has 0 heterocycles. The van der Waals surface area contributed by atoms with E-state index in [-0.39, 0.29) is 11.2 Å². The molecule has 0 amide bonds. The molecule has 0 bridgehead atoms. The predicted molar refractivity (Wildman–Crippen MR) is 223 cm³/mol. The zero-order valence-corrected chi connectivity index (χ0v) is 32.5. The predicted octanol–water partition coefficient (Wildman–Crippen LogP) is 13.3. The normalized spacial score (nSPS) is 14.6. The van der Waals surface area contributed by atoms with Gasteiger partial charge in [-0.15, -0.1) is 0 Å². The summed E-state index contributed by atoms with van der Waals surface area (Å²) in [4.78, 5) is 2.24. The summed E-state index contributed by atoms with van der Waals surface area (Å²) in [5.74, 6) is -0.354. The smallest absolute Gasteiger partial charge is 0.375 e. The van der Waals surface area contributed by atoms with Crippen LogP contribution < -0.4 is 9.08 Å². The van der Waals surface area contributed by atoms with Crippen LogP contribution >= 0.6 is 0 Å². The van der Waals surface area contributed by atoms with Gasteiger partial charge in [-0.25, -0.2) is 0 Å². The number of anilines is 3. The summed E-state index contributed by atoms with van der Waals surface area (Å²) in [5, 5.41) is 0. The van der Waals surface area contributed by atoms with Gasteiger partial charge in [0.2, 0.25) is 0 Å². The van der Waals surface area contributed by atoms with Gasteiger partial charge in [-0.05, 0) is 104 Å². The minimum Gasteiger partial charge on any atom is -0.375 e. The molecule has 8 heteroatoms. The Hall–Kier alpha value is -6.12. The van der Waals surface area contributed by atoms with Crippen LogP contribution in [0.5, 0.6) is 5.75 Å². The van der Waals surface area contributed by atoms with Gasteiger partial charge in [0.1, 0.15) is 0 Å². The minimum atomic E-state index is -5.91. The van der Waals surface area contributed by atoms with Crippen molar-refractivity contribution in [3.05, 3.63) is 180 Å². The fraction of sp³-hybridized carbons (Fsp3) is 0.143. The number of rotatable bonds is 7. The molecule has 2 aliphatic rings. The van der Waals surface area contributed by atoms with Gasteiger partial charge < -0.3 is 9.08 Å². The quantitative estimate of drug-likeness (QED) is 0.119. The highest BCUT2D eigenvalue weighted by Crippen LogP contribution is 2.56. The van der Waals surface area contributed by atoms with Crippen molar-refractivity contribution in [1.29, 1.82) is 0 Å². The van der Waals surface area contributed by atoms with Crippen molar-refractivity contribution < 1.29 is 25.8 Å². The Morgan fingerprint density at radius 3 is 1.61 bits per heavy atom. The van der Waals surface area contributed by atoms with E-state index in [1.54, 1.807) is 18.2 Å². The minimum absolute atomic E-state index is 0.200. The molecule has 57 heavy (non-hydrogen) atoms. The summed E-state index contributed by atoms with van der Waals surface area (Å²) < 4.78 is 70.1. The Balaban J connectivity index is 1.17. The molecule has 9 rings (SSSR count). The number of nitrogens with zero attached hydrogens (tertiary/aromatic N) is 1. The van der Waals surface area contributed by atoms with Crippen molar-refractivity contribution in [2.24, 2.45) is 0 Å². The SMILES string of the molecule is CC1(C)c2ccccc2-c2ccc(N(c3ccc(-c4ccccc4)cc3)c3ccc(-c4ccc(OS(=O)(=O)C(F)(F)F)c5c4C(C)(C)c4ccccc4-5)cc3)cc21. The van der Waals surface area contributed by atoms with E-state index in [0.29, 0.717) is 16.7 Å². The number of hydrogen-bond donors (Lipinski definition) is 0. The maximum absolute atomic E-state index is 13.6. The van der Waals surface area contributed by atoms with Crippen molar-refractivity contribution in [3.8, 4) is 50.3 Å². The topological polar surface area (TPSA) is 46.6 Å². The van der Waals surface area contributed by atoms with Gasteiger partial charge in [-0.1, -0.05) is 143 Å². The second-order valence-corrected chi connectivity index (χ2v) is 17.2. The molecule has 7 aromatic carbocycles. The summed E-state index contributed by atoms with van der Waals surface area (Å²) in [6.45, 7) is 8.52. The lowest BCUT2D eigenvalue weighted by molar-refractivity contribution is -0.0499. The third kappa shape index (κ3) is 5.84. The van der Waals surface area contributed by atoms with Crippen molar-refractivity contribution in [2.75, 3.05) is 4.90 Å². The standard InChI is InChI=1S/C49H38F3NO3S/c1-47(2)41-16-10-8-14-38(41)39-27-26-36(30-43(39)47)53(34-22-18-32(19-23-34)31-12-6-5-7-13-31)35-24-20-33(21-25-35)37-28-29-44(56-57(54,55)49(50,51)52)45-40-15-9-11-17-42(40)48(3,4)46(37)45/h5-30H,1-4H3. The van der Waals surface area contributed by atoms with Gasteiger partial charge >= 0.3 is 15.6 Å². The van der Waals surface area contributed by atoms with Crippen LogP contribution in [0.3, 0.4) is 0 Å². The maximum Gasteiger partial charge on any atom is 0.534 e. The first-order chi connectivity index (χ1) is 27.2. The molecule has 0 atom stereocenters. The summed E-state index contributed by atoms with van der Waals surface area (Å²) in [6.07, 6.45) is 0. The molecule has 4 nitrogen and oxygen atoms in total. The lowest BCUT2D eigenvalue weighted by atomic mass is 9.78. The summed E-state index contributed by atoms with van der Waals surface area (Å²) in [5.41, 5.74) is 7.81. The lowest BCUT2D eigenvalue weighted by Crippen LogP contribution is -2.28. The molecule has 0 spiro atoms. The molecular weight excluding hydrogens is 740 g/mol. The van der Waals surface area contributed by atoms with E-state index in [1.807, 2.05) is 68.4 Å². The molecule has 0 saturated heterocycles. The Bertz CT molecular complexity index is 2810. The largest absolute Gasteiger partial charge is 0.534 e. The highest BCUT2D eigenvalue weighted by atomic mass is 32.2. The number of alkyl halides is 3. The maximum atomic E-state index is 13.6. The van der Waals surface area contributed by atoms with Gasteiger partial charge in [0, 0.05) is 33.5 Å². The molecule has 0 N–H and O–H groups in total. The molecule has 0 radical (unpaired) electrons. The van der Waals surface area contributed by atoms with Crippen LogP contribution in [-0.4, -0.2) is 13.9 Å². The van der Waals surface area contributed by atoms with Gasteiger partial charge in [0.25, 0.3) is 0 Å². The van der Waals surface area contributed by atoms with Gasteiger partial charge in [-0.2, -0.15) is 21.6 Å². The van der Waals surface area contributed by atoms with Crippen molar-refractivity contribution >= 4 is 27.2 Å². The van der Waals surface area contributed by atoms with E-state index in [0.717, 1.165) is 44.9 Å². The summed E-state index contributed by atoms with van der Waals surface area (Å²) in [6, 6.07) is 52.5. The first kappa shape index (κ1) is 36.5. The average Bonchev–Trinajstić information content (AvgIpc) is 3.59. The average molecular weight is 778 g/mol. The van der Waals surface area contributed by atoms with Crippen molar-refractivity contribution in [3.63, 3.8) is 0 Å². The lowest BCUT2D eigenvalue weighted by Gasteiger charge is -2.29. The van der Waals surface area contributed by atoms with Crippen LogP contribution in [0.25, 0.3) is 44.5 Å². The molecule has 7 aromatic rings. The van der Waals surface area contributed by atoms with Crippen molar-refractivity contribution in [2.45, 2.75) is 44.0 Å². The van der Waals surface area contributed by atoms with E-state index in [4.69, 9.17) is 4.18 Å². The van der Waals surface area contributed by atoms with E-state index in [1.165, 1.54) is 28.3 Å². The molecular formula is C49H38F3NO3S. The van der Waals surface area contributed by atoms with E-state index >= 15 is 0 Å². The molecule has 0 saturated carbocycles. The highest BCUT2D eigenvalue weighted by molar-refractivity contribution is 7.88.